The number of carbonyl (C=O) groups excluding carboxylic acids is 1. The van der Waals surface area contributed by atoms with Crippen molar-refractivity contribution in [2.45, 2.75) is 33.2 Å². The van der Waals surface area contributed by atoms with E-state index in [-0.39, 0.29) is 22.6 Å². The van der Waals surface area contributed by atoms with Crippen molar-refractivity contribution < 1.29 is 9.72 Å². The van der Waals surface area contributed by atoms with E-state index in [1.807, 2.05) is 24.9 Å². The molecule has 0 unspecified atom stereocenters. The number of rotatable bonds is 5. The number of aryl methyl sites for hydroxylation is 1. The number of nitro benzene ring substituents is 1. The molecule has 0 aromatic heterocycles. The fourth-order valence-corrected chi connectivity index (χ4v) is 3.26. The summed E-state index contributed by atoms with van der Waals surface area (Å²) >= 11 is 0. The number of carbonyl (C=O) groups is 1. The minimum atomic E-state index is -0.350. The van der Waals surface area contributed by atoms with Crippen LogP contribution in [0.1, 0.15) is 37.4 Å². The molecule has 0 saturated carbocycles. The van der Waals surface area contributed by atoms with Crippen molar-refractivity contribution in [1.29, 1.82) is 0 Å². The van der Waals surface area contributed by atoms with E-state index in [9.17, 15) is 14.9 Å². The van der Waals surface area contributed by atoms with E-state index in [0.717, 1.165) is 37.2 Å². The first kappa shape index (κ1) is 17.4. The highest BCUT2D eigenvalue weighted by Gasteiger charge is 2.27. The standard InChI is InChI=1S/C17H25N3O3/c1-12-5-6-16(20(22)23)9-17(12)13(2)18(4)10-15-7-8-19(11-15)14(3)21/h5-6,9,13,15H,7-8,10-11H2,1-4H3/t13-,15+/m1/s1. The van der Waals surface area contributed by atoms with Crippen LogP contribution in [0.2, 0.25) is 0 Å². The van der Waals surface area contributed by atoms with Gasteiger partial charge >= 0.3 is 0 Å². The highest BCUT2D eigenvalue weighted by atomic mass is 16.6. The normalized spacial score (nSPS) is 19.2. The molecule has 6 nitrogen and oxygen atoms in total. The van der Waals surface area contributed by atoms with Crippen molar-refractivity contribution >= 4 is 11.6 Å². The van der Waals surface area contributed by atoms with E-state index in [0.29, 0.717) is 5.92 Å². The third-order valence-corrected chi connectivity index (χ3v) is 4.86. The minimum absolute atomic E-state index is 0.0984. The zero-order chi connectivity index (χ0) is 17.1. The second-order valence-corrected chi connectivity index (χ2v) is 6.53. The van der Waals surface area contributed by atoms with E-state index in [1.165, 1.54) is 0 Å². The highest BCUT2D eigenvalue weighted by molar-refractivity contribution is 5.73. The van der Waals surface area contributed by atoms with Crippen LogP contribution >= 0.6 is 0 Å². The Morgan fingerprint density at radius 2 is 2.22 bits per heavy atom. The molecule has 0 bridgehead atoms. The van der Waals surface area contributed by atoms with Gasteiger partial charge in [0.05, 0.1) is 4.92 Å². The van der Waals surface area contributed by atoms with Crippen LogP contribution in [0.3, 0.4) is 0 Å². The van der Waals surface area contributed by atoms with Crippen molar-refractivity contribution in [2.24, 2.45) is 5.92 Å². The summed E-state index contributed by atoms with van der Waals surface area (Å²) in [5, 5.41) is 11.0. The molecule has 2 rings (SSSR count). The summed E-state index contributed by atoms with van der Waals surface area (Å²) in [7, 11) is 2.04. The van der Waals surface area contributed by atoms with Crippen molar-refractivity contribution in [2.75, 3.05) is 26.7 Å². The fourth-order valence-electron chi connectivity index (χ4n) is 3.26. The Labute approximate surface area is 137 Å². The molecular formula is C17H25N3O3. The third kappa shape index (κ3) is 4.07. The lowest BCUT2D eigenvalue weighted by atomic mass is 9.99. The molecule has 0 radical (unpaired) electrons. The lowest BCUT2D eigenvalue weighted by Crippen LogP contribution is -2.32. The molecule has 1 aromatic carbocycles. The number of nitrogens with zero attached hydrogens (tertiary/aromatic N) is 3. The number of benzene rings is 1. The second kappa shape index (κ2) is 7.08. The van der Waals surface area contributed by atoms with E-state index >= 15 is 0 Å². The Morgan fingerprint density at radius 3 is 2.78 bits per heavy atom. The molecule has 0 aliphatic carbocycles. The molecule has 1 aromatic rings. The van der Waals surface area contributed by atoms with Gasteiger partial charge in [-0.2, -0.15) is 0 Å². The molecule has 0 spiro atoms. The molecular weight excluding hydrogens is 294 g/mol. The van der Waals surface area contributed by atoms with Gasteiger partial charge in [-0.15, -0.1) is 0 Å². The molecule has 1 aliphatic rings. The van der Waals surface area contributed by atoms with Crippen LogP contribution in [0.4, 0.5) is 5.69 Å². The maximum atomic E-state index is 11.4. The Morgan fingerprint density at radius 1 is 1.52 bits per heavy atom. The zero-order valence-electron chi connectivity index (χ0n) is 14.3. The smallest absolute Gasteiger partial charge is 0.269 e. The van der Waals surface area contributed by atoms with E-state index in [1.54, 1.807) is 19.1 Å². The summed E-state index contributed by atoms with van der Waals surface area (Å²) < 4.78 is 0. The van der Waals surface area contributed by atoms with Crippen molar-refractivity contribution in [3.8, 4) is 0 Å². The Bertz CT molecular complexity index is 603. The monoisotopic (exact) mass is 319 g/mol. The fraction of sp³-hybridized carbons (Fsp3) is 0.588. The quantitative estimate of drug-likeness (QED) is 0.618. The number of hydrogen-bond acceptors (Lipinski definition) is 4. The van der Waals surface area contributed by atoms with Crippen molar-refractivity contribution in [1.82, 2.24) is 9.80 Å². The second-order valence-electron chi connectivity index (χ2n) is 6.53. The van der Waals surface area contributed by atoms with E-state index in [4.69, 9.17) is 0 Å². The lowest BCUT2D eigenvalue weighted by Gasteiger charge is -2.28. The summed E-state index contributed by atoms with van der Waals surface area (Å²) in [4.78, 5) is 26.2. The number of non-ortho nitro benzene ring substituents is 1. The maximum Gasteiger partial charge on any atom is 0.269 e. The molecule has 0 N–H and O–H groups in total. The SMILES string of the molecule is CC(=O)N1CC[C@@H](CN(C)[C@H](C)c2cc([N+](=O)[O-])ccc2C)C1. The molecule has 1 fully saturated rings. The van der Waals surface area contributed by atoms with Gasteiger partial charge in [-0.3, -0.25) is 19.8 Å². The number of nitro groups is 1. The van der Waals surface area contributed by atoms with Gasteiger partial charge in [-0.25, -0.2) is 0 Å². The minimum Gasteiger partial charge on any atom is -0.343 e. The lowest BCUT2D eigenvalue weighted by molar-refractivity contribution is -0.385. The van der Waals surface area contributed by atoms with Crippen LogP contribution in [-0.2, 0) is 4.79 Å². The average molecular weight is 319 g/mol. The summed E-state index contributed by atoms with van der Waals surface area (Å²) in [6.45, 7) is 8.19. The van der Waals surface area contributed by atoms with E-state index in [2.05, 4.69) is 11.8 Å². The first-order valence-electron chi connectivity index (χ1n) is 8.00. The van der Waals surface area contributed by atoms with Crippen molar-refractivity contribution in [3.05, 3.63) is 39.4 Å². The molecule has 1 saturated heterocycles. The molecule has 1 heterocycles. The zero-order valence-corrected chi connectivity index (χ0v) is 14.3. The summed E-state index contributed by atoms with van der Waals surface area (Å²) in [5.41, 5.74) is 2.18. The summed E-state index contributed by atoms with van der Waals surface area (Å²) in [5.74, 6) is 0.600. The first-order chi connectivity index (χ1) is 10.8. The van der Waals surface area contributed by atoms with Crippen LogP contribution in [0.25, 0.3) is 0 Å². The van der Waals surface area contributed by atoms with Gasteiger partial charge in [0.25, 0.3) is 5.69 Å². The Hall–Kier alpha value is -1.95. The van der Waals surface area contributed by atoms with Gasteiger partial charge < -0.3 is 4.90 Å². The molecule has 6 heteroatoms. The maximum absolute atomic E-state index is 11.4. The largest absolute Gasteiger partial charge is 0.343 e. The number of amides is 1. The number of hydrogen-bond donors (Lipinski definition) is 0. The number of likely N-dealkylation sites (tertiary alicyclic amines) is 1. The highest BCUT2D eigenvalue weighted by Crippen LogP contribution is 2.28. The first-order valence-corrected chi connectivity index (χ1v) is 8.00. The topological polar surface area (TPSA) is 66.7 Å². The molecule has 1 amide bonds. The van der Waals surface area contributed by atoms with Gasteiger partial charge in [-0.05, 0) is 44.4 Å². The van der Waals surface area contributed by atoms with Gasteiger partial charge in [-0.1, -0.05) is 6.07 Å². The van der Waals surface area contributed by atoms with Crippen LogP contribution in [0.15, 0.2) is 18.2 Å². The molecule has 1 aliphatic heterocycles. The van der Waals surface area contributed by atoms with Gasteiger partial charge in [0, 0.05) is 44.7 Å². The Balaban J connectivity index is 2.05. The van der Waals surface area contributed by atoms with Crippen LogP contribution in [0, 0.1) is 23.0 Å². The Kier molecular flexibility index (Phi) is 5.36. The van der Waals surface area contributed by atoms with Crippen LogP contribution < -0.4 is 0 Å². The van der Waals surface area contributed by atoms with Crippen molar-refractivity contribution in [3.63, 3.8) is 0 Å². The van der Waals surface area contributed by atoms with Gasteiger partial charge in [0.1, 0.15) is 0 Å². The van der Waals surface area contributed by atoms with Gasteiger partial charge in [0.2, 0.25) is 5.91 Å². The summed E-state index contributed by atoms with van der Waals surface area (Å²) in [6, 6.07) is 5.13. The van der Waals surface area contributed by atoms with Gasteiger partial charge in [0.15, 0.2) is 0 Å². The van der Waals surface area contributed by atoms with Crippen LogP contribution in [0.5, 0.6) is 0 Å². The molecule has 23 heavy (non-hydrogen) atoms. The predicted octanol–water partition coefficient (Wildman–Crippen LogP) is 2.76. The van der Waals surface area contributed by atoms with Crippen LogP contribution in [-0.4, -0.2) is 47.3 Å². The summed E-state index contributed by atoms with van der Waals surface area (Å²) in [6.07, 6.45) is 1.02. The third-order valence-electron chi connectivity index (χ3n) is 4.86. The average Bonchev–Trinajstić information content (AvgIpc) is 2.95. The predicted molar refractivity (Wildman–Crippen MR) is 89.2 cm³/mol. The van der Waals surface area contributed by atoms with E-state index < -0.39 is 0 Å². The molecule has 126 valence electrons. The molecule has 2 atom stereocenters.